The Morgan fingerprint density at radius 3 is 2.44 bits per heavy atom. The highest BCUT2D eigenvalue weighted by Crippen LogP contribution is 2.22. The van der Waals surface area contributed by atoms with Crippen molar-refractivity contribution in [2.75, 3.05) is 11.9 Å². The van der Waals surface area contributed by atoms with E-state index < -0.39 is 5.97 Å². The Labute approximate surface area is 148 Å². The molecular weight excluding hydrogens is 314 g/mol. The second kappa shape index (κ2) is 7.97. The maximum absolute atomic E-state index is 12.2. The molecule has 3 rings (SSSR count). The van der Waals surface area contributed by atoms with E-state index in [-0.39, 0.29) is 12.5 Å². The molecule has 130 valence electrons. The average molecular weight is 337 g/mol. The van der Waals surface area contributed by atoms with Crippen molar-refractivity contribution in [3.8, 4) is 0 Å². The van der Waals surface area contributed by atoms with Crippen molar-refractivity contribution < 1.29 is 14.3 Å². The number of carbonyl (C=O) groups excluding carboxylic acids is 2. The molecule has 0 spiro atoms. The number of rotatable bonds is 5. The Morgan fingerprint density at radius 2 is 1.72 bits per heavy atom. The van der Waals surface area contributed by atoms with E-state index in [1.165, 1.54) is 23.1 Å². The van der Waals surface area contributed by atoms with Crippen LogP contribution in [0.2, 0.25) is 0 Å². The SMILES string of the molecule is CCc1ccc(NC(=O)COC(=O)c2ccc3c(c2)CCCC3)cc1. The number of ether oxygens (including phenoxy) is 1. The Morgan fingerprint density at radius 1 is 1.00 bits per heavy atom. The van der Waals surface area contributed by atoms with Crippen molar-refractivity contribution in [3.05, 3.63) is 64.7 Å². The molecule has 1 amide bonds. The van der Waals surface area contributed by atoms with Gasteiger partial charge in [-0.25, -0.2) is 4.79 Å². The van der Waals surface area contributed by atoms with Crippen molar-refractivity contribution in [2.24, 2.45) is 0 Å². The number of hydrogen-bond donors (Lipinski definition) is 1. The second-order valence-electron chi connectivity index (χ2n) is 6.37. The van der Waals surface area contributed by atoms with Gasteiger partial charge >= 0.3 is 5.97 Å². The second-order valence-corrected chi connectivity index (χ2v) is 6.37. The number of anilines is 1. The van der Waals surface area contributed by atoms with Crippen LogP contribution < -0.4 is 5.32 Å². The Balaban J connectivity index is 1.53. The molecule has 2 aromatic carbocycles. The van der Waals surface area contributed by atoms with Gasteiger partial charge in [-0.3, -0.25) is 4.79 Å². The summed E-state index contributed by atoms with van der Waals surface area (Å²) >= 11 is 0. The summed E-state index contributed by atoms with van der Waals surface area (Å²) in [7, 11) is 0. The third-order valence-electron chi connectivity index (χ3n) is 4.56. The summed E-state index contributed by atoms with van der Waals surface area (Å²) in [6.45, 7) is 1.79. The summed E-state index contributed by atoms with van der Waals surface area (Å²) in [6.07, 6.45) is 5.39. The smallest absolute Gasteiger partial charge is 0.338 e. The fourth-order valence-corrected chi connectivity index (χ4v) is 3.10. The van der Waals surface area contributed by atoms with Gasteiger partial charge in [0.25, 0.3) is 5.91 Å². The van der Waals surface area contributed by atoms with Crippen molar-refractivity contribution in [1.29, 1.82) is 0 Å². The van der Waals surface area contributed by atoms with Gasteiger partial charge in [0.1, 0.15) is 0 Å². The fourth-order valence-electron chi connectivity index (χ4n) is 3.10. The number of benzene rings is 2. The monoisotopic (exact) mass is 337 g/mol. The molecule has 0 heterocycles. The Bertz CT molecular complexity index is 765. The molecule has 0 aromatic heterocycles. The third-order valence-corrected chi connectivity index (χ3v) is 4.56. The van der Waals surface area contributed by atoms with E-state index in [0.29, 0.717) is 11.3 Å². The van der Waals surface area contributed by atoms with Gasteiger partial charge in [0.05, 0.1) is 5.56 Å². The molecule has 1 N–H and O–H groups in total. The number of aryl methyl sites for hydroxylation is 3. The lowest BCUT2D eigenvalue weighted by Crippen LogP contribution is -2.21. The Hall–Kier alpha value is -2.62. The molecule has 1 aliphatic rings. The van der Waals surface area contributed by atoms with Crippen LogP contribution >= 0.6 is 0 Å². The third kappa shape index (κ3) is 4.47. The van der Waals surface area contributed by atoms with E-state index in [1.807, 2.05) is 36.4 Å². The highest BCUT2D eigenvalue weighted by atomic mass is 16.5. The molecule has 0 atom stereocenters. The first kappa shape index (κ1) is 17.2. The highest BCUT2D eigenvalue weighted by Gasteiger charge is 2.15. The van der Waals surface area contributed by atoms with E-state index in [2.05, 4.69) is 12.2 Å². The number of nitrogens with one attached hydrogen (secondary N) is 1. The van der Waals surface area contributed by atoms with Gasteiger partial charge in [-0.15, -0.1) is 0 Å². The molecule has 0 fully saturated rings. The van der Waals surface area contributed by atoms with Crippen molar-refractivity contribution in [1.82, 2.24) is 0 Å². The van der Waals surface area contributed by atoms with E-state index in [0.717, 1.165) is 25.7 Å². The van der Waals surface area contributed by atoms with Crippen molar-refractivity contribution >= 4 is 17.6 Å². The van der Waals surface area contributed by atoms with Crippen LogP contribution in [0.4, 0.5) is 5.69 Å². The molecule has 4 heteroatoms. The van der Waals surface area contributed by atoms with E-state index in [9.17, 15) is 9.59 Å². The minimum Gasteiger partial charge on any atom is -0.452 e. The first-order chi connectivity index (χ1) is 12.2. The fraction of sp³-hybridized carbons (Fsp3) is 0.333. The summed E-state index contributed by atoms with van der Waals surface area (Å²) in [4.78, 5) is 24.1. The van der Waals surface area contributed by atoms with Crippen LogP contribution in [0, 0.1) is 0 Å². The van der Waals surface area contributed by atoms with Crippen LogP contribution in [0.1, 0.15) is 46.8 Å². The molecule has 0 bridgehead atoms. The molecule has 0 radical (unpaired) electrons. The predicted molar refractivity (Wildman–Crippen MR) is 97.8 cm³/mol. The number of hydrogen-bond acceptors (Lipinski definition) is 3. The average Bonchev–Trinajstić information content (AvgIpc) is 2.66. The summed E-state index contributed by atoms with van der Waals surface area (Å²) in [5.41, 5.74) is 4.96. The predicted octanol–water partition coefficient (Wildman–Crippen LogP) is 3.92. The van der Waals surface area contributed by atoms with Crippen LogP contribution in [0.3, 0.4) is 0 Å². The molecular formula is C21H23NO3. The highest BCUT2D eigenvalue weighted by molar-refractivity contribution is 5.95. The zero-order chi connectivity index (χ0) is 17.6. The molecule has 1 aliphatic carbocycles. The topological polar surface area (TPSA) is 55.4 Å². The summed E-state index contributed by atoms with van der Waals surface area (Å²) in [5, 5.41) is 2.73. The minimum atomic E-state index is -0.454. The zero-order valence-electron chi connectivity index (χ0n) is 14.5. The van der Waals surface area contributed by atoms with Crippen LogP contribution in [0.5, 0.6) is 0 Å². The number of carbonyl (C=O) groups is 2. The van der Waals surface area contributed by atoms with Crippen LogP contribution in [-0.2, 0) is 28.8 Å². The lowest BCUT2D eigenvalue weighted by Gasteiger charge is -2.16. The normalized spacial score (nSPS) is 13.0. The molecule has 0 unspecified atom stereocenters. The van der Waals surface area contributed by atoms with Gasteiger partial charge < -0.3 is 10.1 Å². The summed E-state index contributed by atoms with van der Waals surface area (Å²) in [5.74, 6) is -0.791. The standard InChI is InChI=1S/C21H23NO3/c1-2-15-7-11-19(12-8-15)22-20(23)14-25-21(24)18-10-9-16-5-3-4-6-17(16)13-18/h7-13H,2-6,14H2,1H3,(H,22,23). The number of fused-ring (bicyclic) bond motifs is 1. The molecule has 0 saturated carbocycles. The van der Waals surface area contributed by atoms with Gasteiger partial charge in [-0.1, -0.05) is 25.1 Å². The van der Waals surface area contributed by atoms with Gasteiger partial charge in [-0.05, 0) is 73.1 Å². The van der Waals surface area contributed by atoms with E-state index in [1.54, 1.807) is 6.07 Å². The minimum absolute atomic E-state index is 0.286. The van der Waals surface area contributed by atoms with Gasteiger partial charge in [0, 0.05) is 5.69 Å². The molecule has 0 saturated heterocycles. The maximum Gasteiger partial charge on any atom is 0.338 e. The van der Waals surface area contributed by atoms with E-state index in [4.69, 9.17) is 4.74 Å². The largest absolute Gasteiger partial charge is 0.452 e. The lowest BCUT2D eigenvalue weighted by atomic mass is 9.90. The quantitative estimate of drug-likeness (QED) is 0.841. The summed E-state index contributed by atoms with van der Waals surface area (Å²) in [6, 6.07) is 13.3. The summed E-state index contributed by atoms with van der Waals surface area (Å²) < 4.78 is 5.15. The van der Waals surface area contributed by atoms with Crippen molar-refractivity contribution in [2.45, 2.75) is 39.0 Å². The van der Waals surface area contributed by atoms with Gasteiger partial charge in [-0.2, -0.15) is 0 Å². The number of amides is 1. The molecule has 25 heavy (non-hydrogen) atoms. The molecule has 4 nitrogen and oxygen atoms in total. The van der Waals surface area contributed by atoms with Crippen LogP contribution in [-0.4, -0.2) is 18.5 Å². The maximum atomic E-state index is 12.2. The molecule has 0 aliphatic heterocycles. The van der Waals surface area contributed by atoms with E-state index >= 15 is 0 Å². The first-order valence-electron chi connectivity index (χ1n) is 8.83. The number of esters is 1. The Kier molecular flexibility index (Phi) is 5.49. The van der Waals surface area contributed by atoms with Gasteiger partial charge in [0.15, 0.2) is 6.61 Å². The zero-order valence-corrected chi connectivity index (χ0v) is 14.5. The van der Waals surface area contributed by atoms with Gasteiger partial charge in [0.2, 0.25) is 0 Å². The lowest BCUT2D eigenvalue weighted by molar-refractivity contribution is -0.119. The van der Waals surface area contributed by atoms with Crippen LogP contribution in [0.15, 0.2) is 42.5 Å². The first-order valence-corrected chi connectivity index (χ1v) is 8.83. The molecule has 2 aromatic rings. The van der Waals surface area contributed by atoms with Crippen molar-refractivity contribution in [3.63, 3.8) is 0 Å². The van der Waals surface area contributed by atoms with Crippen LogP contribution in [0.25, 0.3) is 0 Å².